The number of aryl methyl sites for hydroxylation is 1. The Morgan fingerprint density at radius 1 is 1.35 bits per heavy atom. The maximum Gasteiger partial charge on any atom is 0.132 e. The summed E-state index contributed by atoms with van der Waals surface area (Å²) in [6, 6.07) is 0.147. The summed E-state index contributed by atoms with van der Waals surface area (Å²) in [5.74, 6) is 1.61. The molecule has 1 heterocycles. The normalized spacial score (nSPS) is 30.5. The second kappa shape index (κ2) is 3.77. The molecular formula is C14H21N3. The van der Waals surface area contributed by atoms with Crippen molar-refractivity contribution in [2.45, 2.75) is 57.9 Å². The van der Waals surface area contributed by atoms with Crippen molar-refractivity contribution in [3.05, 3.63) is 23.3 Å². The molecule has 3 rings (SSSR count). The van der Waals surface area contributed by atoms with Crippen molar-refractivity contribution in [1.82, 2.24) is 9.97 Å². The number of nitrogens with zero attached hydrogens (tertiary/aromatic N) is 2. The van der Waals surface area contributed by atoms with Crippen LogP contribution in [0.4, 0.5) is 0 Å². The predicted octanol–water partition coefficient (Wildman–Crippen LogP) is 2.72. The first-order valence-electron chi connectivity index (χ1n) is 6.69. The Bertz CT molecular complexity index is 439. The Balaban J connectivity index is 1.93. The lowest BCUT2D eigenvalue weighted by Gasteiger charge is -2.12. The minimum Gasteiger partial charge on any atom is -0.324 e. The molecule has 0 saturated heterocycles. The summed E-state index contributed by atoms with van der Waals surface area (Å²) < 4.78 is 0. The van der Waals surface area contributed by atoms with Gasteiger partial charge in [-0.05, 0) is 31.1 Å². The molecule has 0 aliphatic heterocycles. The number of rotatable bonds is 1. The molecule has 2 atom stereocenters. The summed E-state index contributed by atoms with van der Waals surface area (Å²) in [7, 11) is 0. The maximum atomic E-state index is 6.16. The van der Waals surface area contributed by atoms with Crippen molar-refractivity contribution < 1.29 is 0 Å². The van der Waals surface area contributed by atoms with Crippen LogP contribution in [0.3, 0.4) is 0 Å². The van der Waals surface area contributed by atoms with E-state index in [-0.39, 0.29) is 6.04 Å². The molecule has 1 aromatic heterocycles. The molecular weight excluding hydrogens is 210 g/mol. The zero-order valence-electron chi connectivity index (χ0n) is 10.7. The van der Waals surface area contributed by atoms with E-state index in [0.29, 0.717) is 11.3 Å². The van der Waals surface area contributed by atoms with Crippen molar-refractivity contribution in [2.24, 2.45) is 11.1 Å². The fraction of sp³-hybridized carbons (Fsp3) is 0.714. The molecule has 92 valence electrons. The highest BCUT2D eigenvalue weighted by molar-refractivity contribution is 5.26. The van der Waals surface area contributed by atoms with Gasteiger partial charge in [0.2, 0.25) is 0 Å². The van der Waals surface area contributed by atoms with Crippen molar-refractivity contribution in [3.63, 3.8) is 0 Å². The van der Waals surface area contributed by atoms with Crippen LogP contribution in [-0.2, 0) is 6.42 Å². The SMILES string of the molecule is CC1(C)CC1c1ncc2c(n1)CCCCC2N. The lowest BCUT2D eigenvalue weighted by Crippen LogP contribution is -2.13. The average Bonchev–Trinajstić information content (AvgIpc) is 2.97. The van der Waals surface area contributed by atoms with Crippen molar-refractivity contribution in [3.8, 4) is 0 Å². The van der Waals surface area contributed by atoms with Crippen LogP contribution in [0, 0.1) is 5.41 Å². The molecule has 2 aliphatic rings. The molecule has 3 nitrogen and oxygen atoms in total. The fourth-order valence-electron chi connectivity index (χ4n) is 2.84. The van der Waals surface area contributed by atoms with Gasteiger partial charge < -0.3 is 5.73 Å². The van der Waals surface area contributed by atoms with E-state index in [4.69, 9.17) is 10.7 Å². The van der Waals surface area contributed by atoms with Crippen LogP contribution < -0.4 is 5.73 Å². The molecule has 1 fully saturated rings. The molecule has 1 aromatic rings. The van der Waals surface area contributed by atoms with Gasteiger partial charge in [0, 0.05) is 29.4 Å². The lowest BCUT2D eigenvalue weighted by molar-refractivity contribution is 0.603. The fourth-order valence-corrected chi connectivity index (χ4v) is 2.84. The van der Waals surface area contributed by atoms with Crippen LogP contribution in [0.1, 0.15) is 68.6 Å². The highest BCUT2D eigenvalue weighted by Crippen LogP contribution is 2.57. The Hall–Kier alpha value is -0.960. The maximum absolute atomic E-state index is 6.16. The van der Waals surface area contributed by atoms with Crippen LogP contribution in [0.25, 0.3) is 0 Å². The Morgan fingerprint density at radius 3 is 2.82 bits per heavy atom. The molecule has 2 unspecified atom stereocenters. The van der Waals surface area contributed by atoms with Gasteiger partial charge >= 0.3 is 0 Å². The first-order chi connectivity index (χ1) is 8.08. The van der Waals surface area contributed by atoms with Crippen LogP contribution in [0.5, 0.6) is 0 Å². The van der Waals surface area contributed by atoms with E-state index >= 15 is 0 Å². The Labute approximate surface area is 103 Å². The van der Waals surface area contributed by atoms with Crippen LogP contribution >= 0.6 is 0 Å². The Morgan fingerprint density at radius 2 is 2.12 bits per heavy atom. The largest absolute Gasteiger partial charge is 0.324 e. The lowest BCUT2D eigenvalue weighted by atomic mass is 10.1. The van der Waals surface area contributed by atoms with Gasteiger partial charge in [-0.25, -0.2) is 9.97 Å². The highest BCUT2D eigenvalue weighted by atomic mass is 14.9. The smallest absolute Gasteiger partial charge is 0.132 e. The summed E-state index contributed by atoms with van der Waals surface area (Å²) in [4.78, 5) is 9.34. The molecule has 0 radical (unpaired) electrons. The number of aromatic nitrogens is 2. The second-order valence-electron chi connectivity index (χ2n) is 6.23. The first-order valence-corrected chi connectivity index (χ1v) is 6.69. The van der Waals surface area contributed by atoms with E-state index in [1.807, 2.05) is 6.20 Å². The van der Waals surface area contributed by atoms with E-state index in [2.05, 4.69) is 18.8 Å². The quantitative estimate of drug-likeness (QED) is 0.756. The summed E-state index contributed by atoms with van der Waals surface area (Å²) in [5.41, 5.74) is 8.96. The van der Waals surface area contributed by atoms with Crippen molar-refractivity contribution in [1.29, 1.82) is 0 Å². The van der Waals surface area contributed by atoms with E-state index in [0.717, 1.165) is 18.7 Å². The van der Waals surface area contributed by atoms with Gasteiger partial charge in [0.1, 0.15) is 5.82 Å². The summed E-state index contributed by atoms with van der Waals surface area (Å²) >= 11 is 0. The molecule has 0 spiro atoms. The molecule has 17 heavy (non-hydrogen) atoms. The van der Waals surface area contributed by atoms with Crippen LogP contribution in [-0.4, -0.2) is 9.97 Å². The first kappa shape index (κ1) is 11.1. The zero-order valence-corrected chi connectivity index (χ0v) is 10.7. The number of fused-ring (bicyclic) bond motifs is 1. The number of hydrogen-bond donors (Lipinski definition) is 1. The summed E-state index contributed by atoms with van der Waals surface area (Å²) in [6.45, 7) is 4.58. The molecule has 1 saturated carbocycles. The van der Waals surface area contributed by atoms with E-state index in [1.165, 1.54) is 30.5 Å². The number of hydrogen-bond acceptors (Lipinski definition) is 3. The van der Waals surface area contributed by atoms with Gasteiger partial charge in [0.25, 0.3) is 0 Å². The van der Waals surface area contributed by atoms with Gasteiger partial charge in [0.05, 0.1) is 0 Å². The third-order valence-corrected chi connectivity index (χ3v) is 4.32. The summed E-state index contributed by atoms with van der Waals surface area (Å²) in [5, 5.41) is 0. The van der Waals surface area contributed by atoms with Crippen molar-refractivity contribution >= 4 is 0 Å². The van der Waals surface area contributed by atoms with Gasteiger partial charge in [0.15, 0.2) is 0 Å². The van der Waals surface area contributed by atoms with Crippen LogP contribution in [0.15, 0.2) is 6.20 Å². The van der Waals surface area contributed by atoms with Gasteiger partial charge in [-0.3, -0.25) is 0 Å². The number of nitrogens with two attached hydrogens (primary N) is 1. The average molecular weight is 231 g/mol. The minimum absolute atomic E-state index is 0.147. The Kier molecular flexibility index (Phi) is 2.47. The predicted molar refractivity (Wildman–Crippen MR) is 67.7 cm³/mol. The highest BCUT2D eigenvalue weighted by Gasteiger charge is 2.48. The van der Waals surface area contributed by atoms with E-state index in [1.54, 1.807) is 0 Å². The molecule has 2 N–H and O–H groups in total. The molecule has 0 bridgehead atoms. The minimum atomic E-state index is 0.147. The van der Waals surface area contributed by atoms with Crippen molar-refractivity contribution in [2.75, 3.05) is 0 Å². The molecule has 3 heteroatoms. The topological polar surface area (TPSA) is 51.8 Å². The molecule has 0 amide bonds. The third-order valence-electron chi connectivity index (χ3n) is 4.32. The van der Waals surface area contributed by atoms with Gasteiger partial charge in [-0.1, -0.05) is 20.3 Å². The van der Waals surface area contributed by atoms with Crippen LogP contribution in [0.2, 0.25) is 0 Å². The summed E-state index contributed by atoms with van der Waals surface area (Å²) in [6.07, 6.45) is 7.78. The third kappa shape index (κ3) is 1.97. The molecule has 0 aromatic carbocycles. The monoisotopic (exact) mass is 231 g/mol. The molecule has 2 aliphatic carbocycles. The zero-order chi connectivity index (χ0) is 12.0. The standard InChI is InChI=1S/C14H21N3/c1-14(2)7-10(14)13-16-8-9-11(15)5-3-4-6-12(9)17-13/h8,10-11H,3-7,15H2,1-2H3. The van der Waals surface area contributed by atoms with E-state index in [9.17, 15) is 0 Å². The second-order valence-corrected chi connectivity index (χ2v) is 6.23. The van der Waals surface area contributed by atoms with Gasteiger partial charge in [-0.2, -0.15) is 0 Å². The van der Waals surface area contributed by atoms with E-state index < -0.39 is 0 Å². The van der Waals surface area contributed by atoms with Gasteiger partial charge in [-0.15, -0.1) is 0 Å².